The second-order valence-corrected chi connectivity index (χ2v) is 9.77. The van der Waals surface area contributed by atoms with E-state index in [1.165, 1.54) is 48.9 Å². The average molecular weight is 480 g/mol. The van der Waals surface area contributed by atoms with Crippen molar-refractivity contribution in [2.75, 3.05) is 7.11 Å². The molecule has 1 N–H and O–H groups in total. The van der Waals surface area contributed by atoms with E-state index in [-0.39, 0.29) is 38.8 Å². The van der Waals surface area contributed by atoms with E-state index in [4.69, 9.17) is 4.74 Å². The van der Waals surface area contributed by atoms with Crippen LogP contribution in [0.25, 0.3) is 22.0 Å². The first-order valence-corrected chi connectivity index (χ1v) is 11.6. The molecule has 4 rings (SSSR count). The molecule has 4 aromatic rings. The Kier molecular flexibility index (Phi) is 5.55. The minimum absolute atomic E-state index is 0.0213. The van der Waals surface area contributed by atoms with Gasteiger partial charge in [-0.3, -0.25) is 4.98 Å². The van der Waals surface area contributed by atoms with Crippen molar-refractivity contribution < 1.29 is 31.4 Å². The van der Waals surface area contributed by atoms with Crippen molar-refractivity contribution in [3.63, 3.8) is 0 Å². The van der Waals surface area contributed by atoms with Crippen molar-refractivity contribution in [1.29, 1.82) is 0 Å². The Morgan fingerprint density at radius 1 is 1.09 bits per heavy atom. The first-order valence-electron chi connectivity index (χ1n) is 9.08. The Hall–Kier alpha value is -3.18. The molecule has 166 valence electrons. The van der Waals surface area contributed by atoms with Crippen molar-refractivity contribution in [2.24, 2.45) is 0 Å². The van der Waals surface area contributed by atoms with Crippen LogP contribution in [-0.4, -0.2) is 30.6 Å². The minimum Gasteiger partial charge on any atom is -0.506 e. The third-order valence-electron chi connectivity index (χ3n) is 4.78. The van der Waals surface area contributed by atoms with E-state index in [1.807, 2.05) is 0 Å². The molecule has 11 heteroatoms. The highest BCUT2D eigenvalue weighted by atomic mass is 32.2. The summed E-state index contributed by atoms with van der Waals surface area (Å²) in [5, 5.41) is 13.0. The van der Waals surface area contributed by atoms with Gasteiger partial charge in [-0.05, 0) is 30.3 Å². The van der Waals surface area contributed by atoms with Crippen LogP contribution in [0.1, 0.15) is 10.6 Å². The van der Waals surface area contributed by atoms with Crippen LogP contribution >= 0.6 is 11.3 Å². The summed E-state index contributed by atoms with van der Waals surface area (Å²) in [5.41, 5.74) is -0.368. The number of nitrogens with zero attached hydrogens (tertiary/aromatic N) is 2. The van der Waals surface area contributed by atoms with E-state index in [9.17, 15) is 26.7 Å². The van der Waals surface area contributed by atoms with Gasteiger partial charge in [0.15, 0.2) is 9.84 Å². The standard InChI is InChI=1S/C21H15F3N2O4S2/c1-30-18-8-12(21(22,23)24)2-4-15(18)20-14-5-3-13(9-16(14)17(27)10-26-20)32(28,29)11-19-25-6-7-31-19/h2-10,27H,11H2,1H3. The fraction of sp³-hybridized carbons (Fsp3) is 0.143. The fourth-order valence-corrected chi connectivity index (χ4v) is 5.53. The second-order valence-electron chi connectivity index (χ2n) is 6.80. The SMILES string of the molecule is COc1cc(C(F)(F)F)ccc1-c1ncc(O)c2cc(S(=O)(=O)Cc3nccs3)ccc12. The maximum Gasteiger partial charge on any atom is 0.416 e. The summed E-state index contributed by atoms with van der Waals surface area (Å²) in [5.74, 6) is -0.609. The summed E-state index contributed by atoms with van der Waals surface area (Å²) in [4.78, 5) is 8.13. The van der Waals surface area contributed by atoms with Crippen LogP contribution in [0, 0.1) is 0 Å². The molecule has 0 aliphatic rings. The molecule has 0 fully saturated rings. The monoisotopic (exact) mass is 480 g/mol. The molecule has 0 saturated heterocycles. The van der Waals surface area contributed by atoms with Gasteiger partial charge < -0.3 is 9.84 Å². The van der Waals surface area contributed by atoms with Gasteiger partial charge in [0.05, 0.1) is 29.5 Å². The van der Waals surface area contributed by atoms with Crippen LogP contribution in [0.15, 0.2) is 59.1 Å². The normalized spacial score (nSPS) is 12.2. The van der Waals surface area contributed by atoms with Crippen molar-refractivity contribution in [3.05, 3.63) is 64.7 Å². The topological polar surface area (TPSA) is 89.4 Å². The number of fused-ring (bicyclic) bond motifs is 1. The van der Waals surface area contributed by atoms with Gasteiger partial charge >= 0.3 is 6.18 Å². The number of ether oxygens (including phenoxy) is 1. The molecule has 0 spiro atoms. The third-order valence-corrected chi connectivity index (χ3v) is 7.37. The molecular weight excluding hydrogens is 465 g/mol. The lowest BCUT2D eigenvalue weighted by Crippen LogP contribution is -2.06. The molecule has 0 atom stereocenters. The molecule has 0 saturated carbocycles. The zero-order valence-electron chi connectivity index (χ0n) is 16.4. The lowest BCUT2D eigenvalue weighted by Gasteiger charge is -2.14. The Labute approximate surface area is 184 Å². The number of rotatable bonds is 5. The zero-order chi connectivity index (χ0) is 23.1. The lowest BCUT2D eigenvalue weighted by molar-refractivity contribution is -0.137. The van der Waals surface area contributed by atoms with E-state index in [1.54, 1.807) is 5.38 Å². The molecule has 0 amide bonds. The van der Waals surface area contributed by atoms with Crippen LogP contribution in [0.4, 0.5) is 13.2 Å². The maximum atomic E-state index is 13.1. The van der Waals surface area contributed by atoms with E-state index in [0.717, 1.165) is 18.3 Å². The number of methoxy groups -OCH3 is 1. The van der Waals surface area contributed by atoms with Crippen molar-refractivity contribution >= 4 is 31.9 Å². The van der Waals surface area contributed by atoms with Crippen molar-refractivity contribution in [3.8, 4) is 22.8 Å². The maximum absolute atomic E-state index is 13.1. The molecule has 0 aliphatic carbocycles. The number of hydrogen-bond acceptors (Lipinski definition) is 7. The molecule has 0 bridgehead atoms. The van der Waals surface area contributed by atoms with Gasteiger partial charge in [0.2, 0.25) is 0 Å². The molecule has 2 aromatic carbocycles. The number of aromatic hydroxyl groups is 1. The quantitative estimate of drug-likeness (QED) is 0.429. The number of halogens is 3. The predicted molar refractivity (Wildman–Crippen MR) is 113 cm³/mol. The van der Waals surface area contributed by atoms with Crippen molar-refractivity contribution in [2.45, 2.75) is 16.8 Å². The molecular formula is C21H15F3N2O4S2. The number of alkyl halides is 3. The highest BCUT2D eigenvalue weighted by Crippen LogP contribution is 2.40. The summed E-state index contributed by atoms with van der Waals surface area (Å²) in [6, 6.07) is 7.15. The number of pyridine rings is 1. The zero-order valence-corrected chi connectivity index (χ0v) is 18.1. The van der Waals surface area contributed by atoms with Gasteiger partial charge in [0, 0.05) is 27.9 Å². The Bertz CT molecular complexity index is 1400. The Morgan fingerprint density at radius 2 is 1.88 bits per heavy atom. The highest BCUT2D eigenvalue weighted by molar-refractivity contribution is 7.90. The van der Waals surface area contributed by atoms with E-state index in [0.29, 0.717) is 10.4 Å². The number of hydrogen-bond donors (Lipinski definition) is 1. The molecule has 0 aliphatic heterocycles. The fourth-order valence-electron chi connectivity index (χ4n) is 3.25. The van der Waals surface area contributed by atoms with Crippen LogP contribution < -0.4 is 4.74 Å². The smallest absolute Gasteiger partial charge is 0.416 e. The highest BCUT2D eigenvalue weighted by Gasteiger charge is 2.31. The first-order chi connectivity index (χ1) is 15.1. The average Bonchev–Trinajstić information content (AvgIpc) is 3.25. The summed E-state index contributed by atoms with van der Waals surface area (Å²) < 4.78 is 69.9. The predicted octanol–water partition coefficient (Wildman–Crippen LogP) is 5.07. The second kappa shape index (κ2) is 8.06. The number of benzene rings is 2. The summed E-state index contributed by atoms with van der Waals surface area (Å²) >= 11 is 1.21. The molecule has 6 nitrogen and oxygen atoms in total. The van der Waals surface area contributed by atoms with E-state index < -0.39 is 21.6 Å². The minimum atomic E-state index is -4.54. The summed E-state index contributed by atoms with van der Waals surface area (Å²) in [7, 11) is -2.50. The van der Waals surface area contributed by atoms with Gasteiger partial charge in [-0.15, -0.1) is 11.3 Å². The number of sulfone groups is 1. The Balaban J connectivity index is 1.84. The molecule has 2 heterocycles. The summed E-state index contributed by atoms with van der Waals surface area (Å²) in [6.07, 6.45) is -1.92. The van der Waals surface area contributed by atoms with E-state index in [2.05, 4.69) is 9.97 Å². The largest absolute Gasteiger partial charge is 0.506 e. The lowest BCUT2D eigenvalue weighted by atomic mass is 10.0. The molecule has 0 unspecified atom stereocenters. The molecule has 32 heavy (non-hydrogen) atoms. The first kappa shape index (κ1) is 22.0. The third kappa shape index (κ3) is 4.13. The van der Waals surface area contributed by atoms with Crippen LogP contribution in [0.5, 0.6) is 11.5 Å². The van der Waals surface area contributed by atoms with Gasteiger partial charge in [0.1, 0.15) is 22.3 Å². The Morgan fingerprint density at radius 3 is 2.53 bits per heavy atom. The molecule has 0 radical (unpaired) electrons. The van der Waals surface area contributed by atoms with Gasteiger partial charge in [-0.1, -0.05) is 6.07 Å². The van der Waals surface area contributed by atoms with Crippen LogP contribution in [-0.2, 0) is 21.8 Å². The van der Waals surface area contributed by atoms with E-state index >= 15 is 0 Å². The van der Waals surface area contributed by atoms with Gasteiger partial charge in [0.25, 0.3) is 0 Å². The van der Waals surface area contributed by atoms with Gasteiger partial charge in [-0.25, -0.2) is 13.4 Å². The molecule has 2 aromatic heterocycles. The number of aromatic nitrogens is 2. The summed E-state index contributed by atoms with van der Waals surface area (Å²) in [6.45, 7) is 0. The number of thiazole rings is 1. The van der Waals surface area contributed by atoms with Crippen molar-refractivity contribution in [1.82, 2.24) is 9.97 Å². The van der Waals surface area contributed by atoms with Crippen LogP contribution in [0.3, 0.4) is 0 Å². The van der Waals surface area contributed by atoms with Gasteiger partial charge in [-0.2, -0.15) is 13.2 Å². The van der Waals surface area contributed by atoms with Crippen LogP contribution in [0.2, 0.25) is 0 Å².